The fourth-order valence-corrected chi connectivity index (χ4v) is 2.47. The van der Waals surface area contributed by atoms with Gasteiger partial charge in [-0.2, -0.15) is 0 Å². The average molecular weight is 347 g/mol. The molecule has 0 aliphatic rings. The number of amides is 1. The van der Waals surface area contributed by atoms with Crippen molar-refractivity contribution in [3.05, 3.63) is 83.0 Å². The van der Waals surface area contributed by atoms with Crippen LogP contribution in [0.4, 0.5) is 5.69 Å². The number of oxazole rings is 1. The van der Waals surface area contributed by atoms with Crippen LogP contribution in [0.15, 0.2) is 76.1 Å². The molecule has 0 saturated carbocycles. The number of pyridine rings is 1. The topological polar surface area (TPSA) is 97.2 Å². The van der Waals surface area contributed by atoms with Gasteiger partial charge in [0.25, 0.3) is 5.91 Å². The van der Waals surface area contributed by atoms with Crippen molar-refractivity contribution in [2.24, 2.45) is 0 Å². The van der Waals surface area contributed by atoms with Crippen molar-refractivity contribution >= 4 is 22.7 Å². The Balaban J connectivity index is 1.60. The van der Waals surface area contributed by atoms with E-state index in [4.69, 9.17) is 9.15 Å². The lowest BCUT2D eigenvalue weighted by Gasteiger charge is -2.10. The van der Waals surface area contributed by atoms with Gasteiger partial charge in [0.2, 0.25) is 5.88 Å². The number of fused-ring (bicyclic) bond motifs is 1. The van der Waals surface area contributed by atoms with Crippen LogP contribution in [0.25, 0.3) is 11.1 Å². The maximum absolute atomic E-state index is 12.6. The second-order valence-electron chi connectivity index (χ2n) is 5.45. The van der Waals surface area contributed by atoms with E-state index >= 15 is 0 Å². The molecule has 2 aromatic carbocycles. The number of carbonyl (C=O) groups is 1. The highest BCUT2D eigenvalue weighted by Crippen LogP contribution is 2.24. The number of anilines is 1. The fourth-order valence-electron chi connectivity index (χ4n) is 2.47. The molecule has 0 saturated heterocycles. The molecular formula is C19H13N3O4. The summed E-state index contributed by atoms with van der Waals surface area (Å²) in [6.45, 7) is 0. The number of rotatable bonds is 4. The number of carbonyl (C=O) groups excluding carboxylic acids is 1. The van der Waals surface area contributed by atoms with E-state index in [1.54, 1.807) is 48.7 Å². The second-order valence-corrected chi connectivity index (χ2v) is 5.45. The van der Waals surface area contributed by atoms with Crippen molar-refractivity contribution in [2.75, 3.05) is 5.32 Å². The van der Waals surface area contributed by atoms with E-state index in [-0.39, 0.29) is 17.4 Å². The molecule has 2 heterocycles. The van der Waals surface area contributed by atoms with Crippen LogP contribution < -0.4 is 15.8 Å². The number of aromatic amines is 1. The smallest absolute Gasteiger partial charge is 0.417 e. The maximum atomic E-state index is 12.6. The van der Waals surface area contributed by atoms with Gasteiger partial charge in [-0.05, 0) is 42.5 Å². The van der Waals surface area contributed by atoms with Gasteiger partial charge >= 0.3 is 5.76 Å². The Morgan fingerprint density at radius 3 is 2.77 bits per heavy atom. The standard InChI is InChI=1S/C19H13N3O4/c23-17(21-12-8-9-16-15(11-12)22-19(24)26-16)14-7-4-10-20-18(14)25-13-5-2-1-3-6-13/h1-11H,(H,21,23)(H,22,24). The zero-order valence-electron chi connectivity index (χ0n) is 13.4. The number of nitrogens with one attached hydrogen (secondary N) is 2. The Labute approximate surface area is 147 Å². The van der Waals surface area contributed by atoms with Crippen molar-refractivity contribution in [1.29, 1.82) is 0 Å². The number of benzene rings is 2. The summed E-state index contributed by atoms with van der Waals surface area (Å²) in [5.41, 5.74) is 1.72. The molecular weight excluding hydrogens is 334 g/mol. The number of nitrogens with zero attached hydrogens (tertiary/aromatic N) is 1. The Kier molecular flexibility index (Phi) is 3.95. The summed E-state index contributed by atoms with van der Waals surface area (Å²) in [5, 5.41) is 2.76. The Morgan fingerprint density at radius 2 is 1.92 bits per heavy atom. The molecule has 0 bridgehead atoms. The van der Waals surface area contributed by atoms with Crippen molar-refractivity contribution in [2.45, 2.75) is 0 Å². The van der Waals surface area contributed by atoms with Gasteiger partial charge in [0.1, 0.15) is 11.3 Å². The quantitative estimate of drug-likeness (QED) is 0.588. The monoisotopic (exact) mass is 347 g/mol. The Morgan fingerprint density at radius 1 is 1.08 bits per heavy atom. The molecule has 0 unspecified atom stereocenters. The molecule has 7 nitrogen and oxygen atoms in total. The summed E-state index contributed by atoms with van der Waals surface area (Å²) in [4.78, 5) is 30.6. The number of hydrogen-bond donors (Lipinski definition) is 2. The number of ether oxygens (including phenoxy) is 1. The molecule has 0 aliphatic carbocycles. The van der Waals surface area contributed by atoms with Crippen molar-refractivity contribution in [1.82, 2.24) is 9.97 Å². The number of H-pyrrole nitrogens is 1. The molecule has 0 spiro atoms. The molecule has 2 N–H and O–H groups in total. The zero-order valence-corrected chi connectivity index (χ0v) is 13.4. The molecule has 4 rings (SSSR count). The largest absolute Gasteiger partial charge is 0.438 e. The fraction of sp³-hybridized carbons (Fsp3) is 0. The molecule has 0 aliphatic heterocycles. The number of aromatic nitrogens is 2. The molecule has 0 fully saturated rings. The lowest BCUT2D eigenvalue weighted by molar-refractivity contribution is 0.102. The predicted molar refractivity (Wildman–Crippen MR) is 95.5 cm³/mol. The first-order chi connectivity index (χ1) is 12.7. The van der Waals surface area contributed by atoms with Gasteiger partial charge < -0.3 is 14.5 Å². The Hall–Kier alpha value is -3.87. The number of hydrogen-bond acceptors (Lipinski definition) is 5. The number of para-hydroxylation sites is 1. The Bertz CT molecular complexity index is 1130. The van der Waals surface area contributed by atoms with Crippen LogP contribution >= 0.6 is 0 Å². The highest BCUT2D eigenvalue weighted by molar-refractivity contribution is 6.06. The van der Waals surface area contributed by atoms with E-state index in [2.05, 4.69) is 15.3 Å². The van der Waals surface area contributed by atoms with Crippen LogP contribution in [-0.2, 0) is 0 Å². The minimum absolute atomic E-state index is 0.203. The maximum Gasteiger partial charge on any atom is 0.417 e. The SMILES string of the molecule is O=C(Nc1ccc2oc(=O)[nH]c2c1)c1cccnc1Oc1ccccc1. The van der Waals surface area contributed by atoms with Crippen molar-refractivity contribution in [3.63, 3.8) is 0 Å². The third-order valence-electron chi connectivity index (χ3n) is 3.65. The summed E-state index contributed by atoms with van der Waals surface area (Å²) in [7, 11) is 0. The molecule has 7 heteroatoms. The molecule has 0 atom stereocenters. The summed E-state index contributed by atoms with van der Waals surface area (Å²) in [6.07, 6.45) is 1.55. The third-order valence-corrected chi connectivity index (χ3v) is 3.65. The predicted octanol–water partition coefficient (Wildman–Crippen LogP) is 3.56. The summed E-state index contributed by atoms with van der Waals surface area (Å²) < 4.78 is 10.7. The molecule has 0 radical (unpaired) electrons. The van der Waals surface area contributed by atoms with Crippen LogP contribution in [0, 0.1) is 0 Å². The van der Waals surface area contributed by atoms with Gasteiger partial charge in [-0.1, -0.05) is 18.2 Å². The molecule has 128 valence electrons. The minimum atomic E-state index is -0.547. The first kappa shape index (κ1) is 15.6. The third kappa shape index (κ3) is 3.18. The molecule has 1 amide bonds. The van der Waals surface area contributed by atoms with E-state index in [0.29, 0.717) is 22.5 Å². The first-order valence-corrected chi connectivity index (χ1v) is 7.81. The van der Waals surface area contributed by atoms with Crippen LogP contribution in [0.1, 0.15) is 10.4 Å². The van der Waals surface area contributed by atoms with Gasteiger partial charge in [-0.3, -0.25) is 9.78 Å². The van der Waals surface area contributed by atoms with Gasteiger partial charge in [-0.25, -0.2) is 9.78 Å². The van der Waals surface area contributed by atoms with Gasteiger partial charge in [0.05, 0.1) is 5.52 Å². The van der Waals surface area contributed by atoms with E-state index < -0.39 is 5.76 Å². The van der Waals surface area contributed by atoms with Crippen LogP contribution in [0.3, 0.4) is 0 Å². The minimum Gasteiger partial charge on any atom is -0.438 e. The van der Waals surface area contributed by atoms with Crippen molar-refractivity contribution < 1.29 is 13.9 Å². The van der Waals surface area contributed by atoms with Crippen LogP contribution in [-0.4, -0.2) is 15.9 Å². The zero-order chi connectivity index (χ0) is 17.9. The first-order valence-electron chi connectivity index (χ1n) is 7.81. The van der Waals surface area contributed by atoms with E-state index in [0.717, 1.165) is 0 Å². The van der Waals surface area contributed by atoms with Crippen molar-refractivity contribution in [3.8, 4) is 11.6 Å². The summed E-state index contributed by atoms with van der Waals surface area (Å²) in [5.74, 6) is -0.143. The van der Waals surface area contributed by atoms with Crippen LogP contribution in [0.5, 0.6) is 11.6 Å². The highest BCUT2D eigenvalue weighted by atomic mass is 16.5. The second kappa shape index (κ2) is 6.56. The van der Waals surface area contributed by atoms with Gasteiger partial charge in [-0.15, -0.1) is 0 Å². The van der Waals surface area contributed by atoms with Gasteiger partial charge in [0.15, 0.2) is 5.58 Å². The van der Waals surface area contributed by atoms with E-state index in [1.807, 2.05) is 18.2 Å². The molecule has 26 heavy (non-hydrogen) atoms. The van der Waals surface area contributed by atoms with E-state index in [9.17, 15) is 9.59 Å². The van der Waals surface area contributed by atoms with E-state index in [1.165, 1.54) is 0 Å². The normalized spacial score (nSPS) is 10.6. The highest BCUT2D eigenvalue weighted by Gasteiger charge is 2.15. The summed E-state index contributed by atoms with van der Waals surface area (Å²) in [6, 6.07) is 17.2. The lowest BCUT2D eigenvalue weighted by Crippen LogP contribution is -2.13. The lowest BCUT2D eigenvalue weighted by atomic mass is 10.2. The van der Waals surface area contributed by atoms with Crippen LogP contribution in [0.2, 0.25) is 0 Å². The van der Waals surface area contributed by atoms with Gasteiger partial charge in [0, 0.05) is 11.9 Å². The molecule has 4 aromatic rings. The summed E-state index contributed by atoms with van der Waals surface area (Å²) >= 11 is 0. The average Bonchev–Trinajstić information content (AvgIpc) is 3.02. The molecule has 2 aromatic heterocycles.